The van der Waals surface area contributed by atoms with E-state index in [-0.39, 0.29) is 15.7 Å². The van der Waals surface area contributed by atoms with Crippen molar-refractivity contribution >= 4 is 104 Å². The number of amides is 3. The van der Waals surface area contributed by atoms with Crippen molar-refractivity contribution in [3.05, 3.63) is 85.3 Å². The topological polar surface area (TPSA) is 87.3 Å². The maximum Gasteiger partial charge on any atom is 0.471 e. The first-order valence-electron chi connectivity index (χ1n) is 11.2. The lowest BCUT2D eigenvalue weighted by atomic mass is 10.1. The van der Waals surface area contributed by atoms with Crippen molar-refractivity contribution in [2.75, 3.05) is 16.0 Å². The first kappa shape index (κ1) is 32.4. The summed E-state index contributed by atoms with van der Waals surface area (Å²) in [7, 11) is 0. The number of halogens is 11. The van der Waals surface area contributed by atoms with Crippen LogP contribution < -0.4 is 16.0 Å². The number of anilines is 3. The summed E-state index contributed by atoms with van der Waals surface area (Å²) in [6.07, 6.45) is -5.36. The van der Waals surface area contributed by atoms with E-state index >= 15 is 0 Å². The molecule has 2 atom stereocenters. The third kappa shape index (κ3) is 6.66. The van der Waals surface area contributed by atoms with E-state index in [2.05, 4.69) is 5.32 Å². The molecule has 4 rings (SSSR count). The highest BCUT2D eigenvalue weighted by atomic mass is 35.5. The summed E-state index contributed by atoms with van der Waals surface area (Å²) in [5.41, 5.74) is -2.20. The number of nitrogens with one attached hydrogen (secondary N) is 3. The molecule has 6 nitrogen and oxygen atoms in total. The van der Waals surface area contributed by atoms with Crippen LogP contribution in [0.2, 0.25) is 20.1 Å². The molecule has 3 aromatic carbocycles. The Kier molecular flexibility index (Phi) is 9.14. The number of carbonyl (C=O) groups excluding carboxylic acids is 3. The minimum absolute atomic E-state index is 0.263. The van der Waals surface area contributed by atoms with Crippen LogP contribution in [0.3, 0.4) is 0 Å². The molecule has 1 saturated carbocycles. The summed E-state index contributed by atoms with van der Waals surface area (Å²) in [6, 6.07) is 8.03. The van der Waals surface area contributed by atoms with Crippen LogP contribution in [0, 0.1) is 17.6 Å². The second-order valence-corrected chi connectivity index (χ2v) is 11.9. The molecule has 1 aliphatic carbocycles. The summed E-state index contributed by atoms with van der Waals surface area (Å²) in [4.78, 5) is 37.2. The van der Waals surface area contributed by atoms with E-state index in [1.807, 2.05) is 5.32 Å². The Balaban J connectivity index is 1.56. The lowest BCUT2D eigenvalue weighted by molar-refractivity contribution is -0.167. The Hall–Kier alpha value is -2.54. The molecule has 0 heterocycles. The van der Waals surface area contributed by atoms with Gasteiger partial charge in [-0.15, -0.1) is 23.2 Å². The molecule has 3 aromatic rings. The van der Waals surface area contributed by atoms with Gasteiger partial charge in [-0.25, -0.2) is 8.78 Å². The molecule has 0 unspecified atom stereocenters. The average molecular weight is 710 g/mol. The van der Waals surface area contributed by atoms with Gasteiger partial charge in [0.2, 0.25) is 5.91 Å². The highest BCUT2D eigenvalue weighted by molar-refractivity contribution is 6.53. The molecular formula is C25H12Cl6F5N3O3. The number of hydrogen-bond acceptors (Lipinski definition) is 3. The van der Waals surface area contributed by atoms with Gasteiger partial charge in [-0.2, -0.15) is 13.2 Å². The lowest BCUT2D eigenvalue weighted by Crippen LogP contribution is -2.30. The van der Waals surface area contributed by atoms with Crippen molar-refractivity contribution in [2.45, 2.75) is 16.4 Å². The molecule has 3 N–H and O–H groups in total. The molecule has 1 fully saturated rings. The average Bonchev–Trinajstić information content (AvgIpc) is 3.46. The monoisotopic (exact) mass is 707 g/mol. The van der Waals surface area contributed by atoms with E-state index in [1.54, 1.807) is 0 Å². The first-order valence-corrected chi connectivity index (χ1v) is 13.5. The van der Waals surface area contributed by atoms with Crippen LogP contribution in [0.1, 0.15) is 21.8 Å². The van der Waals surface area contributed by atoms with Crippen molar-refractivity contribution in [3.63, 3.8) is 0 Å². The second-order valence-electron chi connectivity index (χ2n) is 8.83. The number of rotatable bonds is 6. The first-order chi connectivity index (χ1) is 19.4. The van der Waals surface area contributed by atoms with Gasteiger partial charge in [0.15, 0.2) is 5.82 Å². The van der Waals surface area contributed by atoms with Crippen LogP contribution in [0.5, 0.6) is 0 Å². The molecule has 17 heteroatoms. The van der Waals surface area contributed by atoms with Crippen LogP contribution in [-0.2, 0) is 9.59 Å². The summed E-state index contributed by atoms with van der Waals surface area (Å²) >= 11 is 36.3. The van der Waals surface area contributed by atoms with Crippen molar-refractivity contribution in [3.8, 4) is 0 Å². The van der Waals surface area contributed by atoms with Gasteiger partial charge in [0.25, 0.3) is 5.91 Å². The van der Waals surface area contributed by atoms with Crippen molar-refractivity contribution in [1.82, 2.24) is 0 Å². The zero-order valence-corrected chi connectivity index (χ0v) is 24.6. The number of carbonyl (C=O) groups is 3. The van der Waals surface area contributed by atoms with Gasteiger partial charge in [0.05, 0.1) is 32.9 Å². The van der Waals surface area contributed by atoms with E-state index in [0.717, 1.165) is 24.3 Å². The third-order valence-electron chi connectivity index (χ3n) is 5.96. The molecule has 42 heavy (non-hydrogen) atoms. The summed E-state index contributed by atoms with van der Waals surface area (Å²) < 4.78 is 65.8. The van der Waals surface area contributed by atoms with Gasteiger partial charge in [0.1, 0.15) is 10.2 Å². The number of benzene rings is 3. The fraction of sp³-hybridized carbons (Fsp3) is 0.160. The van der Waals surface area contributed by atoms with Gasteiger partial charge in [-0.1, -0.05) is 46.4 Å². The molecule has 3 amide bonds. The van der Waals surface area contributed by atoms with Crippen LogP contribution in [0.15, 0.2) is 42.5 Å². The molecule has 0 bridgehead atoms. The maximum absolute atomic E-state index is 14.9. The summed E-state index contributed by atoms with van der Waals surface area (Å²) in [6.45, 7) is 0. The van der Waals surface area contributed by atoms with E-state index in [0.29, 0.717) is 5.56 Å². The van der Waals surface area contributed by atoms with Crippen LogP contribution in [0.4, 0.5) is 39.0 Å². The van der Waals surface area contributed by atoms with E-state index in [1.165, 1.54) is 23.5 Å². The fourth-order valence-electron chi connectivity index (χ4n) is 4.01. The Morgan fingerprint density at radius 1 is 0.833 bits per heavy atom. The van der Waals surface area contributed by atoms with Gasteiger partial charge in [0, 0.05) is 21.7 Å². The van der Waals surface area contributed by atoms with Gasteiger partial charge >= 0.3 is 12.1 Å². The minimum atomic E-state index is -5.36. The predicted octanol–water partition coefficient (Wildman–Crippen LogP) is 8.86. The fourth-order valence-corrected chi connectivity index (χ4v) is 5.77. The highest BCUT2D eigenvalue weighted by Crippen LogP contribution is 2.65. The lowest BCUT2D eigenvalue weighted by Gasteiger charge is -2.15. The van der Waals surface area contributed by atoms with E-state index in [4.69, 9.17) is 69.6 Å². The van der Waals surface area contributed by atoms with Crippen molar-refractivity contribution in [2.24, 2.45) is 5.92 Å². The number of alkyl halides is 5. The molecule has 222 valence electrons. The largest absolute Gasteiger partial charge is 0.471 e. The molecule has 0 aromatic heterocycles. The van der Waals surface area contributed by atoms with Crippen LogP contribution >= 0.6 is 69.6 Å². The Morgan fingerprint density at radius 2 is 1.45 bits per heavy atom. The zero-order chi connectivity index (χ0) is 31.3. The van der Waals surface area contributed by atoms with Crippen molar-refractivity contribution < 1.29 is 36.3 Å². The third-order valence-corrected chi connectivity index (χ3v) is 8.03. The van der Waals surface area contributed by atoms with Gasteiger partial charge in [-0.3, -0.25) is 14.4 Å². The smallest absolute Gasteiger partial charge is 0.326 e. The molecule has 0 spiro atoms. The predicted molar refractivity (Wildman–Crippen MR) is 151 cm³/mol. The molecule has 0 radical (unpaired) electrons. The molecule has 0 aliphatic heterocycles. The van der Waals surface area contributed by atoms with Crippen LogP contribution in [-0.4, -0.2) is 28.2 Å². The molecular weight excluding hydrogens is 698 g/mol. The molecule has 1 aliphatic rings. The van der Waals surface area contributed by atoms with Crippen LogP contribution in [0.25, 0.3) is 0 Å². The van der Waals surface area contributed by atoms with Crippen molar-refractivity contribution in [1.29, 1.82) is 0 Å². The minimum Gasteiger partial charge on any atom is -0.326 e. The van der Waals surface area contributed by atoms with E-state index in [9.17, 15) is 36.3 Å². The maximum atomic E-state index is 14.9. The van der Waals surface area contributed by atoms with Gasteiger partial charge < -0.3 is 16.0 Å². The standard InChI is InChI=1S/C25H12Cl6F5N3O3/c26-9-3-8(4-10(27)5-9)16-17(24(16,30)31)22(41)37-11-6-12(18(29)14(32)7-11)21(40)38-15-2-1-13(28)20(19(15)33)39-23(42)25(34,35)36/h1-7,16-17H,(H,37,41)(H,38,40)(H,39,42)/t16-,17+/m0/s1. The normalized spacial score (nSPS) is 17.4. The molecule has 0 saturated heterocycles. The summed E-state index contributed by atoms with van der Waals surface area (Å²) in [5, 5.41) is 4.87. The van der Waals surface area contributed by atoms with E-state index < -0.39 is 78.7 Å². The number of hydrogen-bond donors (Lipinski definition) is 3. The Labute approximate surface area is 263 Å². The Bertz CT molecular complexity index is 1620. The Morgan fingerprint density at radius 3 is 2.05 bits per heavy atom. The highest BCUT2D eigenvalue weighted by Gasteiger charge is 2.67. The quantitative estimate of drug-likeness (QED) is 0.177. The van der Waals surface area contributed by atoms with Gasteiger partial charge in [-0.05, 0) is 48.0 Å². The summed E-state index contributed by atoms with van der Waals surface area (Å²) in [5.74, 6) is -8.98. The second kappa shape index (κ2) is 11.9. The zero-order valence-electron chi connectivity index (χ0n) is 20.1. The SMILES string of the molecule is O=C(Nc1ccc(Cl)c(NC(=O)C(F)(F)F)c1F)c1cc(NC(=O)[C@H]2[C@H](c3cc(Cl)cc(Cl)c3)C2(Cl)Cl)cc(F)c1Cl.